The Bertz CT molecular complexity index is 502. The van der Waals surface area contributed by atoms with Gasteiger partial charge in [-0.15, -0.1) is 0 Å². The monoisotopic (exact) mass is 281 g/mol. The first-order chi connectivity index (χ1) is 9.54. The molecule has 0 heterocycles. The quantitative estimate of drug-likeness (QED) is 0.795. The number of hydrogen-bond acceptors (Lipinski definition) is 3. The summed E-state index contributed by atoms with van der Waals surface area (Å²) < 4.78 is 18.1. The first kappa shape index (κ1) is 14.3. The van der Waals surface area contributed by atoms with Crippen LogP contribution in [0.1, 0.15) is 19.3 Å². The molecule has 1 aromatic rings. The molecule has 2 N–H and O–H groups in total. The van der Waals surface area contributed by atoms with E-state index in [1.54, 1.807) is 6.07 Å². The summed E-state index contributed by atoms with van der Waals surface area (Å²) in [5, 5.41) is 11.4. The predicted octanol–water partition coefficient (Wildman–Crippen LogP) is 1.57. The molecule has 1 unspecified atom stereocenters. The maximum absolute atomic E-state index is 12.9. The van der Waals surface area contributed by atoms with E-state index in [2.05, 4.69) is 5.32 Å². The molecule has 0 spiro atoms. The van der Waals surface area contributed by atoms with Crippen molar-refractivity contribution in [2.75, 3.05) is 6.61 Å². The number of nitrogens with one attached hydrogen (secondary N) is 1. The van der Waals surface area contributed by atoms with Crippen molar-refractivity contribution < 1.29 is 23.8 Å². The normalized spacial score (nSPS) is 15.4. The van der Waals surface area contributed by atoms with Gasteiger partial charge in [0.2, 0.25) is 0 Å². The number of carboxylic acid groups (broad SMARTS) is 1. The molecule has 0 aromatic heterocycles. The van der Waals surface area contributed by atoms with E-state index in [9.17, 15) is 14.0 Å². The molecule has 1 aliphatic rings. The van der Waals surface area contributed by atoms with Gasteiger partial charge >= 0.3 is 5.97 Å². The van der Waals surface area contributed by atoms with Crippen molar-refractivity contribution in [3.8, 4) is 5.75 Å². The van der Waals surface area contributed by atoms with E-state index in [4.69, 9.17) is 9.84 Å². The average Bonchev–Trinajstić information content (AvgIpc) is 3.19. The van der Waals surface area contributed by atoms with Gasteiger partial charge in [-0.3, -0.25) is 9.59 Å². The molecular formula is C14H16FNO4. The molecule has 0 aliphatic heterocycles. The number of halogens is 1. The van der Waals surface area contributed by atoms with Crippen LogP contribution in [0, 0.1) is 11.7 Å². The van der Waals surface area contributed by atoms with Crippen LogP contribution in [0.25, 0.3) is 0 Å². The molecule has 0 radical (unpaired) electrons. The Morgan fingerprint density at radius 3 is 2.80 bits per heavy atom. The van der Waals surface area contributed by atoms with Gasteiger partial charge in [-0.1, -0.05) is 6.07 Å². The predicted molar refractivity (Wildman–Crippen MR) is 68.8 cm³/mol. The molecule has 0 bridgehead atoms. The number of ether oxygens (including phenoxy) is 1. The second-order valence-corrected chi connectivity index (χ2v) is 4.86. The molecule has 1 amide bonds. The third-order valence-corrected chi connectivity index (χ3v) is 3.10. The van der Waals surface area contributed by atoms with Crippen LogP contribution in [0.3, 0.4) is 0 Å². The number of rotatable bonds is 7. The lowest BCUT2D eigenvalue weighted by Gasteiger charge is -2.16. The van der Waals surface area contributed by atoms with Crippen molar-refractivity contribution in [1.29, 1.82) is 0 Å². The van der Waals surface area contributed by atoms with Gasteiger partial charge in [-0.2, -0.15) is 0 Å². The highest BCUT2D eigenvalue weighted by molar-refractivity contribution is 5.79. The molecule has 1 saturated carbocycles. The lowest BCUT2D eigenvalue weighted by Crippen LogP contribution is -2.40. The SMILES string of the molecule is O=C(O)CC(NC(=O)COc1cccc(F)c1)C1CC1. The minimum atomic E-state index is -0.937. The standard InChI is InChI=1S/C14H16FNO4/c15-10-2-1-3-11(6-10)20-8-13(17)16-12(7-14(18)19)9-4-5-9/h1-3,6,9,12H,4-5,7-8H2,(H,16,17)(H,18,19). The fourth-order valence-electron chi connectivity index (χ4n) is 1.98. The van der Waals surface area contributed by atoms with Crippen molar-refractivity contribution >= 4 is 11.9 Å². The first-order valence-corrected chi connectivity index (χ1v) is 6.44. The van der Waals surface area contributed by atoms with Crippen molar-refractivity contribution in [2.45, 2.75) is 25.3 Å². The highest BCUT2D eigenvalue weighted by atomic mass is 19.1. The molecule has 20 heavy (non-hydrogen) atoms. The van der Waals surface area contributed by atoms with Gasteiger partial charge in [0.05, 0.1) is 6.42 Å². The highest BCUT2D eigenvalue weighted by Gasteiger charge is 2.33. The number of hydrogen-bond donors (Lipinski definition) is 2. The van der Waals surface area contributed by atoms with Crippen LogP contribution in [0.4, 0.5) is 4.39 Å². The minimum Gasteiger partial charge on any atom is -0.484 e. The van der Waals surface area contributed by atoms with Gasteiger partial charge in [-0.05, 0) is 30.9 Å². The fraction of sp³-hybridized carbons (Fsp3) is 0.429. The molecule has 1 fully saturated rings. The van der Waals surface area contributed by atoms with Gasteiger partial charge in [0.15, 0.2) is 6.61 Å². The summed E-state index contributed by atoms with van der Waals surface area (Å²) in [7, 11) is 0. The van der Waals surface area contributed by atoms with Crippen LogP contribution in [0.5, 0.6) is 5.75 Å². The Morgan fingerprint density at radius 1 is 1.45 bits per heavy atom. The van der Waals surface area contributed by atoms with E-state index in [0.717, 1.165) is 12.8 Å². The Kier molecular flexibility index (Phi) is 4.55. The van der Waals surface area contributed by atoms with Crippen molar-refractivity contribution in [3.63, 3.8) is 0 Å². The molecule has 1 aromatic carbocycles. The summed E-state index contributed by atoms with van der Waals surface area (Å²) in [4.78, 5) is 22.4. The van der Waals surface area contributed by atoms with Gasteiger partial charge in [0.25, 0.3) is 5.91 Å². The Morgan fingerprint density at radius 2 is 2.20 bits per heavy atom. The molecule has 1 aliphatic carbocycles. The molecule has 6 heteroatoms. The maximum atomic E-state index is 12.9. The van der Waals surface area contributed by atoms with Gasteiger partial charge in [0.1, 0.15) is 11.6 Å². The zero-order chi connectivity index (χ0) is 14.5. The van der Waals surface area contributed by atoms with Crippen molar-refractivity contribution in [3.05, 3.63) is 30.1 Å². The second kappa shape index (κ2) is 6.36. The smallest absolute Gasteiger partial charge is 0.305 e. The van der Waals surface area contributed by atoms with Gasteiger partial charge < -0.3 is 15.2 Å². The van der Waals surface area contributed by atoms with E-state index in [-0.39, 0.29) is 30.7 Å². The molecular weight excluding hydrogens is 265 g/mol. The second-order valence-electron chi connectivity index (χ2n) is 4.86. The van der Waals surface area contributed by atoms with Crippen molar-refractivity contribution in [2.24, 2.45) is 5.92 Å². The first-order valence-electron chi connectivity index (χ1n) is 6.44. The van der Waals surface area contributed by atoms with E-state index >= 15 is 0 Å². The van der Waals surface area contributed by atoms with E-state index < -0.39 is 17.7 Å². The largest absolute Gasteiger partial charge is 0.484 e. The number of carbonyl (C=O) groups is 2. The molecule has 1 atom stereocenters. The van der Waals surface area contributed by atoms with Crippen LogP contribution in [0.15, 0.2) is 24.3 Å². The zero-order valence-corrected chi connectivity index (χ0v) is 10.8. The number of carboxylic acids is 1. The average molecular weight is 281 g/mol. The molecule has 2 rings (SSSR count). The van der Waals surface area contributed by atoms with Crippen LogP contribution >= 0.6 is 0 Å². The Labute approximate surface area is 115 Å². The topological polar surface area (TPSA) is 75.6 Å². The van der Waals surface area contributed by atoms with Crippen LogP contribution in [-0.2, 0) is 9.59 Å². The third-order valence-electron chi connectivity index (χ3n) is 3.10. The zero-order valence-electron chi connectivity index (χ0n) is 10.8. The molecule has 108 valence electrons. The summed E-state index contributed by atoms with van der Waals surface area (Å²) in [5.74, 6) is -1.27. The number of carbonyl (C=O) groups excluding carboxylic acids is 1. The number of aliphatic carboxylic acids is 1. The molecule has 5 nitrogen and oxygen atoms in total. The van der Waals surface area contributed by atoms with Crippen molar-refractivity contribution in [1.82, 2.24) is 5.32 Å². The number of amides is 1. The van der Waals surface area contributed by atoms with Gasteiger partial charge in [-0.25, -0.2) is 4.39 Å². The van der Waals surface area contributed by atoms with Gasteiger partial charge in [0, 0.05) is 12.1 Å². The van der Waals surface area contributed by atoms with E-state index in [1.165, 1.54) is 18.2 Å². The minimum absolute atomic E-state index is 0.0869. The highest BCUT2D eigenvalue weighted by Crippen LogP contribution is 2.34. The van der Waals surface area contributed by atoms with Crippen LogP contribution in [0.2, 0.25) is 0 Å². The fourth-order valence-corrected chi connectivity index (χ4v) is 1.98. The molecule has 0 saturated heterocycles. The van der Waals surface area contributed by atoms with E-state index in [1.807, 2.05) is 0 Å². The summed E-state index contributed by atoms with van der Waals surface area (Å²) >= 11 is 0. The summed E-state index contributed by atoms with van der Waals surface area (Å²) in [6, 6.07) is 5.15. The summed E-state index contributed by atoms with van der Waals surface area (Å²) in [6.45, 7) is -0.258. The summed E-state index contributed by atoms with van der Waals surface area (Å²) in [5.41, 5.74) is 0. The summed E-state index contributed by atoms with van der Waals surface area (Å²) in [6.07, 6.45) is 1.78. The maximum Gasteiger partial charge on any atom is 0.305 e. The lowest BCUT2D eigenvalue weighted by atomic mass is 10.1. The number of benzene rings is 1. The Balaban J connectivity index is 1.80. The van der Waals surface area contributed by atoms with Crippen LogP contribution < -0.4 is 10.1 Å². The lowest BCUT2D eigenvalue weighted by molar-refractivity contribution is -0.138. The Hall–Kier alpha value is -2.11. The van der Waals surface area contributed by atoms with E-state index in [0.29, 0.717) is 0 Å². The van der Waals surface area contributed by atoms with Crippen LogP contribution in [-0.4, -0.2) is 29.6 Å². The third kappa shape index (κ3) is 4.53.